The van der Waals surface area contributed by atoms with Crippen LogP contribution < -0.4 is 0 Å². The molecule has 1 aromatic carbocycles. The van der Waals surface area contributed by atoms with Gasteiger partial charge in [-0.3, -0.25) is 0 Å². The van der Waals surface area contributed by atoms with E-state index in [1.165, 1.54) is 0 Å². The molecule has 0 aliphatic carbocycles. The van der Waals surface area contributed by atoms with Crippen LogP contribution in [0.3, 0.4) is 0 Å². The molecule has 1 radical (unpaired) electrons. The van der Waals surface area contributed by atoms with Gasteiger partial charge in [0.25, 0.3) is 0 Å². The van der Waals surface area contributed by atoms with Gasteiger partial charge in [-0.15, -0.1) is 0 Å². The van der Waals surface area contributed by atoms with Gasteiger partial charge in [-0.1, -0.05) is 22.0 Å². The van der Waals surface area contributed by atoms with Gasteiger partial charge in [-0.2, -0.15) is 5.26 Å². The third-order valence-electron chi connectivity index (χ3n) is 1.13. The summed E-state index contributed by atoms with van der Waals surface area (Å²) in [5, 5.41) is 9.23. The van der Waals surface area contributed by atoms with E-state index in [1.54, 1.807) is 12.1 Å². The number of hydrogen-bond acceptors (Lipinski definition) is 1. The zero-order valence-corrected chi connectivity index (χ0v) is 6.85. The number of nitriles is 1. The van der Waals surface area contributed by atoms with Crippen LogP contribution in [0.2, 0.25) is 0 Å². The van der Waals surface area contributed by atoms with Gasteiger partial charge >= 0.3 is 0 Å². The maximum absolute atomic E-state index is 8.48. The lowest BCUT2D eigenvalue weighted by atomic mass is 10.2. The van der Waals surface area contributed by atoms with Crippen molar-refractivity contribution >= 4 is 15.9 Å². The van der Waals surface area contributed by atoms with Gasteiger partial charge in [0.2, 0.25) is 0 Å². The van der Waals surface area contributed by atoms with Gasteiger partial charge in [-0.25, -0.2) is 0 Å². The molecule has 1 nitrogen and oxygen atoms in total. The smallest absolute Gasteiger partial charge is 0.0991 e. The normalized spacial score (nSPS) is 8.80. The first kappa shape index (κ1) is 7.30. The lowest BCUT2D eigenvalue weighted by Gasteiger charge is -1.91. The second-order valence-corrected chi connectivity index (χ2v) is 2.41. The fraction of sp³-hybridized carbons (Fsp3) is 0.125. The standard InChI is InChI=1S/C8H5BrN/c9-5-7-2-1-3-8(4-7)6-10/h1,3-4H,5H2. The van der Waals surface area contributed by atoms with Crippen molar-refractivity contribution in [3.05, 3.63) is 35.4 Å². The summed E-state index contributed by atoms with van der Waals surface area (Å²) in [6.07, 6.45) is 0. The minimum atomic E-state index is 0.688. The first-order valence-electron chi connectivity index (χ1n) is 2.83. The molecule has 0 saturated carbocycles. The van der Waals surface area contributed by atoms with Crippen molar-refractivity contribution in [2.45, 2.75) is 5.33 Å². The quantitative estimate of drug-likeness (QED) is 0.630. The van der Waals surface area contributed by atoms with Crippen molar-refractivity contribution in [2.24, 2.45) is 0 Å². The van der Waals surface area contributed by atoms with E-state index in [1.807, 2.05) is 6.07 Å². The Morgan fingerprint density at radius 3 is 3.10 bits per heavy atom. The largest absolute Gasteiger partial charge is 0.192 e. The van der Waals surface area contributed by atoms with Crippen LogP contribution in [0, 0.1) is 17.4 Å². The van der Waals surface area contributed by atoms with Crippen LogP contribution in [-0.4, -0.2) is 0 Å². The highest BCUT2D eigenvalue weighted by molar-refractivity contribution is 9.08. The molecule has 0 spiro atoms. The van der Waals surface area contributed by atoms with E-state index in [9.17, 15) is 0 Å². The summed E-state index contributed by atoms with van der Waals surface area (Å²) in [5.41, 5.74) is 1.70. The second kappa shape index (κ2) is 3.38. The van der Waals surface area contributed by atoms with Crippen LogP contribution in [0.5, 0.6) is 0 Å². The first-order valence-corrected chi connectivity index (χ1v) is 3.95. The average molecular weight is 195 g/mol. The Morgan fingerprint density at radius 2 is 2.50 bits per heavy atom. The molecule has 0 aliphatic rings. The van der Waals surface area contributed by atoms with E-state index in [2.05, 4.69) is 28.1 Å². The Labute approximate surface area is 68.4 Å². The highest BCUT2D eigenvalue weighted by Crippen LogP contribution is 2.06. The van der Waals surface area contributed by atoms with Crippen LogP contribution in [0.4, 0.5) is 0 Å². The number of benzene rings is 1. The number of rotatable bonds is 1. The zero-order chi connectivity index (χ0) is 7.40. The van der Waals surface area contributed by atoms with E-state index >= 15 is 0 Å². The van der Waals surface area contributed by atoms with Gasteiger partial charge in [-0.05, 0) is 23.8 Å². The molecule has 1 rings (SSSR count). The minimum Gasteiger partial charge on any atom is -0.192 e. The minimum absolute atomic E-state index is 0.688. The van der Waals surface area contributed by atoms with Crippen LogP contribution >= 0.6 is 15.9 Å². The summed E-state index contributed by atoms with van der Waals surface area (Å²) in [6, 6.07) is 10.4. The van der Waals surface area contributed by atoms with Gasteiger partial charge < -0.3 is 0 Å². The first-order chi connectivity index (χ1) is 4.86. The van der Waals surface area contributed by atoms with Crippen molar-refractivity contribution in [3.63, 3.8) is 0 Å². The van der Waals surface area contributed by atoms with E-state index < -0.39 is 0 Å². The predicted molar refractivity (Wildman–Crippen MR) is 42.6 cm³/mol. The van der Waals surface area contributed by atoms with Crippen LogP contribution in [-0.2, 0) is 5.33 Å². The van der Waals surface area contributed by atoms with E-state index in [4.69, 9.17) is 5.26 Å². The van der Waals surface area contributed by atoms with Crippen molar-refractivity contribution in [2.75, 3.05) is 0 Å². The van der Waals surface area contributed by atoms with E-state index in [0.29, 0.717) is 5.56 Å². The Morgan fingerprint density at radius 1 is 1.70 bits per heavy atom. The molecule has 49 valence electrons. The molecule has 0 aromatic heterocycles. The van der Waals surface area contributed by atoms with Crippen LogP contribution in [0.15, 0.2) is 18.2 Å². The molecule has 0 N–H and O–H groups in total. The molecule has 2 heteroatoms. The monoisotopic (exact) mass is 194 g/mol. The summed E-state index contributed by atoms with van der Waals surface area (Å²) in [4.78, 5) is 0. The molecule has 0 amide bonds. The lowest BCUT2D eigenvalue weighted by Crippen LogP contribution is -1.78. The summed E-state index contributed by atoms with van der Waals surface area (Å²) in [7, 11) is 0. The summed E-state index contributed by atoms with van der Waals surface area (Å²) in [6.45, 7) is 0. The zero-order valence-electron chi connectivity index (χ0n) is 5.26. The Hall–Kier alpha value is -0.810. The van der Waals surface area contributed by atoms with Crippen molar-refractivity contribution in [3.8, 4) is 6.07 Å². The third-order valence-corrected chi connectivity index (χ3v) is 1.74. The fourth-order valence-electron chi connectivity index (χ4n) is 0.663. The van der Waals surface area contributed by atoms with Gasteiger partial charge in [0.1, 0.15) is 0 Å². The number of hydrogen-bond donors (Lipinski definition) is 0. The summed E-state index contributed by atoms with van der Waals surface area (Å²) >= 11 is 3.28. The van der Waals surface area contributed by atoms with Crippen molar-refractivity contribution in [1.29, 1.82) is 5.26 Å². The number of alkyl halides is 1. The van der Waals surface area contributed by atoms with E-state index in [0.717, 1.165) is 10.9 Å². The highest BCUT2D eigenvalue weighted by Gasteiger charge is 1.91. The molecule has 1 aromatic rings. The molecule has 0 heterocycles. The fourth-order valence-corrected chi connectivity index (χ4v) is 0.986. The molecule has 0 saturated heterocycles. The highest BCUT2D eigenvalue weighted by atomic mass is 79.9. The molecule has 0 atom stereocenters. The Kier molecular flexibility index (Phi) is 2.47. The number of nitrogens with zero attached hydrogens (tertiary/aromatic N) is 1. The Balaban J connectivity index is 3.01. The average Bonchev–Trinajstić information content (AvgIpc) is 2.05. The second-order valence-electron chi connectivity index (χ2n) is 1.85. The van der Waals surface area contributed by atoms with Crippen LogP contribution in [0.1, 0.15) is 11.1 Å². The summed E-state index contributed by atoms with van der Waals surface area (Å²) < 4.78 is 0. The summed E-state index contributed by atoms with van der Waals surface area (Å²) in [5.74, 6) is 0. The molecular formula is C8H5BrN. The van der Waals surface area contributed by atoms with Crippen molar-refractivity contribution in [1.82, 2.24) is 0 Å². The SMILES string of the molecule is N#Cc1cc[c]c(CBr)c1. The Bertz CT molecular complexity index is 262. The lowest BCUT2D eigenvalue weighted by molar-refractivity contribution is 1.39. The molecule has 0 unspecified atom stereocenters. The molecule has 10 heavy (non-hydrogen) atoms. The molecular weight excluding hydrogens is 190 g/mol. The van der Waals surface area contributed by atoms with Gasteiger partial charge in [0, 0.05) is 5.33 Å². The maximum atomic E-state index is 8.48. The van der Waals surface area contributed by atoms with Crippen molar-refractivity contribution < 1.29 is 0 Å². The molecule has 0 fully saturated rings. The van der Waals surface area contributed by atoms with E-state index in [-0.39, 0.29) is 0 Å². The van der Waals surface area contributed by atoms with Gasteiger partial charge in [0.05, 0.1) is 11.6 Å². The third kappa shape index (κ3) is 1.58. The molecule has 0 aliphatic heterocycles. The predicted octanol–water partition coefficient (Wildman–Crippen LogP) is 2.25. The van der Waals surface area contributed by atoms with Gasteiger partial charge in [0.15, 0.2) is 0 Å². The van der Waals surface area contributed by atoms with Crippen LogP contribution in [0.25, 0.3) is 0 Å². The topological polar surface area (TPSA) is 23.8 Å². The molecule has 0 bridgehead atoms. The maximum Gasteiger partial charge on any atom is 0.0991 e. The number of halogens is 1.